The lowest BCUT2D eigenvalue weighted by Crippen LogP contribution is -2.56. The van der Waals surface area contributed by atoms with Crippen LogP contribution >= 0.6 is 0 Å². The van der Waals surface area contributed by atoms with Crippen LogP contribution in [0.25, 0.3) is 0 Å². The van der Waals surface area contributed by atoms with E-state index < -0.39 is 6.10 Å². The van der Waals surface area contributed by atoms with Gasteiger partial charge in [0.25, 0.3) is 0 Å². The van der Waals surface area contributed by atoms with Crippen molar-refractivity contribution in [1.82, 2.24) is 4.90 Å². The van der Waals surface area contributed by atoms with E-state index in [9.17, 15) is 9.90 Å². The molecule has 0 unspecified atom stereocenters. The number of nitrogens with zero attached hydrogens (tertiary/aromatic N) is 2. The van der Waals surface area contributed by atoms with Gasteiger partial charge < -0.3 is 14.7 Å². The van der Waals surface area contributed by atoms with Gasteiger partial charge >= 0.3 is 5.97 Å². The predicted molar refractivity (Wildman–Crippen MR) is 126 cm³/mol. The van der Waals surface area contributed by atoms with Gasteiger partial charge in [-0.05, 0) is 50.3 Å². The second-order valence-corrected chi connectivity index (χ2v) is 10.9. The van der Waals surface area contributed by atoms with E-state index in [2.05, 4.69) is 67.8 Å². The minimum Gasteiger partial charge on any atom is -0.461 e. The maximum atomic E-state index is 13.0. The van der Waals surface area contributed by atoms with E-state index in [4.69, 9.17) is 4.74 Å². The Balaban J connectivity index is 1.30. The highest BCUT2D eigenvalue weighted by Gasteiger charge is 2.59. The second kappa shape index (κ2) is 8.18. The molecule has 2 saturated heterocycles. The van der Waals surface area contributed by atoms with Crippen molar-refractivity contribution in [2.45, 2.75) is 65.2 Å². The standard InChI is InChI=1S/C27H38N2O3/c1-17-7-5-10-21(13-17)29-12-11-28(15-19(29)3)16-22-24-23(32-26(22)31)14-20-9-6-8-18(2)27(20,4)25(24)30/h5,7,9-10,13,18-19,22-25,30H,6,8,11-12,14-16H2,1-4H3/t18-,19-,22+,23+,24+,25+,27+/m0/s1. The predicted octanol–water partition coefficient (Wildman–Crippen LogP) is 3.79. The normalized spacial score (nSPS) is 39.8. The Morgan fingerprint density at radius 2 is 2.06 bits per heavy atom. The SMILES string of the molecule is Cc1cccc(N2CCN(C[C@H]3C(=O)O[C@@H]4CC5=CCC[C@H](C)[C@@]5(C)[C@H](O)[C@@H]43)C[C@@H]2C)c1. The molecule has 5 rings (SSSR count). The first-order valence-corrected chi connectivity index (χ1v) is 12.4. The van der Waals surface area contributed by atoms with Crippen molar-refractivity contribution in [2.24, 2.45) is 23.2 Å². The first-order valence-electron chi connectivity index (χ1n) is 12.4. The van der Waals surface area contributed by atoms with Crippen molar-refractivity contribution in [2.75, 3.05) is 31.1 Å². The van der Waals surface area contributed by atoms with Gasteiger partial charge in [0.05, 0.1) is 12.0 Å². The Bertz CT molecular complexity index is 914. The first kappa shape index (κ1) is 22.0. The van der Waals surface area contributed by atoms with Gasteiger partial charge in [-0.3, -0.25) is 9.69 Å². The number of aryl methyl sites for hydroxylation is 1. The van der Waals surface area contributed by atoms with Crippen molar-refractivity contribution in [1.29, 1.82) is 0 Å². The summed E-state index contributed by atoms with van der Waals surface area (Å²) in [6.07, 6.45) is 4.57. The maximum Gasteiger partial charge on any atom is 0.311 e. The van der Waals surface area contributed by atoms with Gasteiger partial charge in [0.2, 0.25) is 0 Å². The van der Waals surface area contributed by atoms with Crippen LogP contribution in [0, 0.1) is 30.1 Å². The van der Waals surface area contributed by atoms with Gasteiger partial charge in [0.15, 0.2) is 0 Å². The molecule has 3 fully saturated rings. The zero-order valence-corrected chi connectivity index (χ0v) is 20.0. The van der Waals surface area contributed by atoms with Crippen molar-refractivity contribution in [3.63, 3.8) is 0 Å². The molecular weight excluding hydrogens is 400 g/mol. The smallest absolute Gasteiger partial charge is 0.311 e. The van der Waals surface area contributed by atoms with Gasteiger partial charge in [-0.25, -0.2) is 0 Å². The average Bonchev–Trinajstić information content (AvgIpc) is 3.05. The number of aliphatic hydroxyl groups is 1. The fourth-order valence-corrected chi connectivity index (χ4v) is 6.94. The second-order valence-electron chi connectivity index (χ2n) is 10.9. The minimum atomic E-state index is -0.523. The van der Waals surface area contributed by atoms with Gasteiger partial charge in [0.1, 0.15) is 6.10 Å². The number of benzene rings is 1. The molecule has 0 radical (unpaired) electrons. The highest BCUT2D eigenvalue weighted by atomic mass is 16.6. The van der Waals surface area contributed by atoms with Crippen LogP contribution in [0.15, 0.2) is 35.9 Å². The molecule has 7 atom stereocenters. The van der Waals surface area contributed by atoms with Gasteiger partial charge in [-0.1, -0.05) is 37.6 Å². The summed E-state index contributed by atoms with van der Waals surface area (Å²) in [4.78, 5) is 17.8. The summed E-state index contributed by atoms with van der Waals surface area (Å²) in [7, 11) is 0. The number of rotatable bonds is 3. The molecule has 32 heavy (non-hydrogen) atoms. The number of fused-ring (bicyclic) bond motifs is 2. The number of aliphatic hydroxyl groups excluding tert-OH is 1. The summed E-state index contributed by atoms with van der Waals surface area (Å²) in [6.45, 7) is 12.4. The highest BCUT2D eigenvalue weighted by molar-refractivity contribution is 5.76. The fraction of sp³-hybridized carbons (Fsp3) is 0.667. The van der Waals surface area contributed by atoms with Crippen LogP contribution in [-0.2, 0) is 9.53 Å². The number of hydrogen-bond acceptors (Lipinski definition) is 5. The minimum absolute atomic E-state index is 0.102. The number of ether oxygens (including phenoxy) is 1. The van der Waals surface area contributed by atoms with Gasteiger partial charge in [0, 0.05) is 55.7 Å². The van der Waals surface area contributed by atoms with E-state index in [1.54, 1.807) is 0 Å². The lowest BCUT2D eigenvalue weighted by atomic mass is 9.55. The summed E-state index contributed by atoms with van der Waals surface area (Å²) < 4.78 is 5.87. The third kappa shape index (κ3) is 3.49. The largest absolute Gasteiger partial charge is 0.461 e. The number of carbonyl (C=O) groups excluding carboxylic acids is 1. The fourth-order valence-electron chi connectivity index (χ4n) is 6.94. The maximum absolute atomic E-state index is 13.0. The topological polar surface area (TPSA) is 53.0 Å². The van der Waals surface area contributed by atoms with Crippen molar-refractivity contribution in [3.8, 4) is 0 Å². The summed E-state index contributed by atoms with van der Waals surface area (Å²) in [5.41, 5.74) is 3.63. The van der Waals surface area contributed by atoms with Crippen LogP contribution in [0.3, 0.4) is 0 Å². The number of piperazine rings is 1. The number of hydrogen-bond donors (Lipinski definition) is 1. The van der Waals surface area contributed by atoms with Gasteiger partial charge in [-0.2, -0.15) is 0 Å². The van der Waals surface area contributed by atoms with E-state index in [0.29, 0.717) is 18.5 Å². The molecule has 174 valence electrons. The molecule has 2 aliphatic heterocycles. The molecule has 1 aromatic carbocycles. The van der Waals surface area contributed by atoms with Crippen molar-refractivity contribution in [3.05, 3.63) is 41.5 Å². The zero-order chi connectivity index (χ0) is 22.6. The van der Waals surface area contributed by atoms with E-state index in [1.165, 1.54) is 16.8 Å². The van der Waals surface area contributed by atoms with Gasteiger partial charge in [-0.15, -0.1) is 0 Å². The summed E-state index contributed by atoms with van der Waals surface area (Å²) in [6, 6.07) is 9.07. The lowest BCUT2D eigenvalue weighted by Gasteiger charge is -2.52. The van der Waals surface area contributed by atoms with Crippen molar-refractivity contribution < 1.29 is 14.6 Å². The molecular formula is C27H38N2O3. The first-order chi connectivity index (χ1) is 15.3. The van der Waals surface area contributed by atoms with E-state index in [0.717, 1.165) is 38.9 Å². The molecule has 0 amide bonds. The average molecular weight is 439 g/mol. The van der Waals surface area contributed by atoms with Crippen LogP contribution in [0.5, 0.6) is 0 Å². The molecule has 5 nitrogen and oxygen atoms in total. The Labute approximate surface area is 192 Å². The van der Waals surface area contributed by atoms with Crippen LogP contribution in [-0.4, -0.2) is 60.4 Å². The van der Waals surface area contributed by atoms with E-state index in [-0.39, 0.29) is 29.3 Å². The molecule has 0 bridgehead atoms. The van der Waals surface area contributed by atoms with Crippen LogP contribution < -0.4 is 4.90 Å². The zero-order valence-electron chi connectivity index (χ0n) is 20.0. The molecule has 0 spiro atoms. The monoisotopic (exact) mass is 438 g/mol. The third-order valence-electron chi connectivity index (χ3n) is 9.07. The molecule has 1 saturated carbocycles. The quantitative estimate of drug-likeness (QED) is 0.575. The van der Waals surface area contributed by atoms with Crippen LogP contribution in [0.1, 0.15) is 45.6 Å². The molecule has 4 aliphatic rings. The molecule has 0 aromatic heterocycles. The van der Waals surface area contributed by atoms with E-state index >= 15 is 0 Å². The number of esters is 1. The molecule has 5 heteroatoms. The third-order valence-corrected chi connectivity index (χ3v) is 9.07. The Hall–Kier alpha value is -1.85. The van der Waals surface area contributed by atoms with Crippen molar-refractivity contribution >= 4 is 11.7 Å². The summed E-state index contributed by atoms with van der Waals surface area (Å²) >= 11 is 0. The molecule has 2 aliphatic carbocycles. The number of anilines is 1. The Morgan fingerprint density at radius 3 is 2.81 bits per heavy atom. The lowest BCUT2D eigenvalue weighted by molar-refractivity contribution is -0.145. The van der Waals surface area contributed by atoms with Crippen LogP contribution in [0.2, 0.25) is 0 Å². The summed E-state index contributed by atoms with van der Waals surface area (Å²) in [5, 5.41) is 11.6. The number of carbonyl (C=O) groups is 1. The molecule has 2 heterocycles. The van der Waals surface area contributed by atoms with Crippen LogP contribution in [0.4, 0.5) is 5.69 Å². The Kier molecular flexibility index (Phi) is 5.61. The highest BCUT2D eigenvalue weighted by Crippen LogP contribution is 2.56. The van der Waals surface area contributed by atoms with E-state index in [1.807, 2.05) is 0 Å². The Morgan fingerprint density at radius 1 is 1.25 bits per heavy atom. The number of allylic oxidation sites excluding steroid dienone is 1. The molecule has 1 aromatic rings. The molecule has 1 N–H and O–H groups in total. The summed E-state index contributed by atoms with van der Waals surface area (Å²) in [5.74, 6) is -0.0217.